The molecule has 2 aromatic carbocycles. The number of hydrogen-bond donors (Lipinski definition) is 3. The van der Waals surface area contributed by atoms with Crippen LogP contribution in [0.4, 0.5) is 13.6 Å². The summed E-state index contributed by atoms with van der Waals surface area (Å²) in [4.78, 5) is 37.4. The van der Waals surface area contributed by atoms with Gasteiger partial charge in [0.25, 0.3) is 5.91 Å². The van der Waals surface area contributed by atoms with Crippen molar-refractivity contribution in [3.63, 3.8) is 0 Å². The van der Waals surface area contributed by atoms with E-state index in [0.717, 1.165) is 54.5 Å². The molecule has 1 fully saturated rings. The Balaban J connectivity index is 1.22. The fourth-order valence-electron chi connectivity index (χ4n) is 4.55. The van der Waals surface area contributed by atoms with Crippen molar-refractivity contribution < 1.29 is 33.3 Å². The molecular weight excluding hydrogens is 508 g/mol. The van der Waals surface area contributed by atoms with Crippen LogP contribution in [0.3, 0.4) is 0 Å². The third-order valence-corrected chi connectivity index (χ3v) is 6.68. The predicted molar refractivity (Wildman–Crippen MR) is 138 cm³/mol. The van der Waals surface area contributed by atoms with Crippen molar-refractivity contribution in [2.45, 2.75) is 32.3 Å². The second-order valence-electron chi connectivity index (χ2n) is 9.45. The normalized spacial score (nSPS) is 18.8. The van der Waals surface area contributed by atoms with Crippen molar-refractivity contribution in [2.75, 3.05) is 6.54 Å². The van der Waals surface area contributed by atoms with Crippen molar-refractivity contribution in [3.8, 4) is 0 Å². The molecule has 0 saturated heterocycles. The molecule has 204 valence electrons. The van der Waals surface area contributed by atoms with Gasteiger partial charge in [0.1, 0.15) is 35.7 Å². The van der Waals surface area contributed by atoms with E-state index >= 15 is 0 Å². The summed E-state index contributed by atoms with van der Waals surface area (Å²) >= 11 is 0. The number of benzene rings is 2. The number of allylic oxidation sites excluding steroid dienone is 3. The SMILES string of the molecule is NN(CC1CCC(/C=C\C(=O)C2=N[NH2+]C=C2NC(=O)c2c(F)cccc2F)CC1)C(=O)OCc1ccccc1. The Morgan fingerprint density at radius 2 is 1.74 bits per heavy atom. The van der Waals surface area contributed by atoms with Gasteiger partial charge in [0.15, 0.2) is 5.71 Å². The summed E-state index contributed by atoms with van der Waals surface area (Å²) in [5, 5.41) is 7.48. The van der Waals surface area contributed by atoms with Gasteiger partial charge >= 0.3 is 6.09 Å². The Kier molecular flexibility index (Phi) is 9.29. The summed E-state index contributed by atoms with van der Waals surface area (Å²) < 4.78 is 33.1. The van der Waals surface area contributed by atoms with E-state index in [-0.39, 0.29) is 29.9 Å². The Bertz CT molecular complexity index is 1280. The summed E-state index contributed by atoms with van der Waals surface area (Å²) in [5.41, 5.74) is 1.54. The molecule has 0 spiro atoms. The maximum absolute atomic E-state index is 13.9. The second-order valence-corrected chi connectivity index (χ2v) is 9.45. The molecule has 0 unspecified atom stereocenters. The Hall–Kier alpha value is -4.22. The lowest BCUT2D eigenvalue weighted by Crippen LogP contribution is -2.69. The molecule has 1 aliphatic carbocycles. The van der Waals surface area contributed by atoms with E-state index in [4.69, 9.17) is 10.6 Å². The lowest BCUT2D eigenvalue weighted by Gasteiger charge is -2.29. The highest BCUT2D eigenvalue weighted by atomic mass is 19.1. The Morgan fingerprint density at radius 3 is 2.44 bits per heavy atom. The number of nitrogens with zero attached hydrogens (tertiary/aromatic N) is 2. The number of quaternary nitrogens is 1. The fourth-order valence-corrected chi connectivity index (χ4v) is 4.55. The van der Waals surface area contributed by atoms with E-state index in [1.54, 1.807) is 0 Å². The summed E-state index contributed by atoms with van der Waals surface area (Å²) in [6.45, 7) is 0.536. The first kappa shape index (κ1) is 27.8. The number of carbonyl (C=O) groups excluding carboxylic acids is 3. The van der Waals surface area contributed by atoms with Gasteiger partial charge in [-0.15, -0.1) is 0 Å². The lowest BCUT2D eigenvalue weighted by molar-refractivity contribution is -0.590. The maximum atomic E-state index is 13.9. The molecule has 9 nitrogen and oxygen atoms in total. The smallest absolute Gasteiger partial charge is 0.424 e. The number of halogens is 2. The molecular formula is C28H30F2N5O4+. The first-order valence-electron chi connectivity index (χ1n) is 12.6. The number of nitrogens with one attached hydrogen (secondary N) is 1. The van der Waals surface area contributed by atoms with Crippen LogP contribution in [0, 0.1) is 23.5 Å². The Labute approximate surface area is 224 Å². The number of hydrogen-bond acceptors (Lipinski definition) is 6. The summed E-state index contributed by atoms with van der Waals surface area (Å²) in [5.74, 6) is 2.86. The van der Waals surface area contributed by atoms with Crippen LogP contribution in [0.15, 0.2) is 77.7 Å². The lowest BCUT2D eigenvalue weighted by atomic mass is 9.81. The highest BCUT2D eigenvalue weighted by Crippen LogP contribution is 2.30. The van der Waals surface area contributed by atoms with Crippen molar-refractivity contribution in [3.05, 3.63) is 95.3 Å². The molecule has 2 amide bonds. The van der Waals surface area contributed by atoms with Gasteiger partial charge < -0.3 is 10.1 Å². The number of rotatable bonds is 9. The highest BCUT2D eigenvalue weighted by molar-refractivity contribution is 6.50. The van der Waals surface area contributed by atoms with Crippen LogP contribution >= 0.6 is 0 Å². The minimum atomic E-state index is -1.01. The molecule has 11 heteroatoms. The molecule has 1 heterocycles. The molecule has 0 bridgehead atoms. The highest BCUT2D eigenvalue weighted by Gasteiger charge is 2.28. The molecule has 39 heavy (non-hydrogen) atoms. The number of amides is 2. The zero-order valence-corrected chi connectivity index (χ0v) is 21.2. The quantitative estimate of drug-likeness (QED) is 0.196. The van der Waals surface area contributed by atoms with Crippen LogP contribution in [0.1, 0.15) is 41.6 Å². The van der Waals surface area contributed by atoms with Gasteiger partial charge in [-0.3, -0.25) is 9.59 Å². The molecule has 0 radical (unpaired) electrons. The van der Waals surface area contributed by atoms with E-state index in [1.807, 2.05) is 36.4 Å². The minimum Gasteiger partial charge on any atom is -0.444 e. The topological polar surface area (TPSA) is 131 Å². The monoisotopic (exact) mass is 538 g/mol. The summed E-state index contributed by atoms with van der Waals surface area (Å²) in [6.07, 6.45) is 7.31. The molecule has 4 rings (SSSR count). The largest absolute Gasteiger partial charge is 0.444 e. The second kappa shape index (κ2) is 13.0. The van der Waals surface area contributed by atoms with E-state index in [9.17, 15) is 23.2 Å². The van der Waals surface area contributed by atoms with Crippen LogP contribution in [0.2, 0.25) is 0 Å². The number of hydrazine groups is 1. The van der Waals surface area contributed by atoms with E-state index in [2.05, 4.69) is 10.4 Å². The minimum absolute atomic E-state index is 0.0159. The van der Waals surface area contributed by atoms with Crippen LogP contribution in [0.5, 0.6) is 0 Å². The zero-order chi connectivity index (χ0) is 27.8. The first-order chi connectivity index (χ1) is 18.8. The van der Waals surface area contributed by atoms with Gasteiger partial charge in [0, 0.05) is 6.54 Å². The van der Waals surface area contributed by atoms with Crippen LogP contribution in [-0.2, 0) is 16.1 Å². The van der Waals surface area contributed by atoms with Crippen molar-refractivity contribution in [1.82, 2.24) is 10.3 Å². The van der Waals surface area contributed by atoms with Crippen molar-refractivity contribution in [1.29, 1.82) is 0 Å². The predicted octanol–water partition coefficient (Wildman–Crippen LogP) is 2.91. The van der Waals surface area contributed by atoms with E-state index in [1.165, 1.54) is 17.7 Å². The third-order valence-electron chi connectivity index (χ3n) is 6.68. The van der Waals surface area contributed by atoms with Gasteiger partial charge in [-0.1, -0.05) is 47.6 Å². The number of carbonyl (C=O) groups is 3. The van der Waals surface area contributed by atoms with Gasteiger partial charge in [-0.25, -0.2) is 24.4 Å². The van der Waals surface area contributed by atoms with Gasteiger partial charge in [-0.2, -0.15) is 5.43 Å². The van der Waals surface area contributed by atoms with Crippen LogP contribution in [-0.4, -0.2) is 35.0 Å². The summed E-state index contributed by atoms with van der Waals surface area (Å²) in [6, 6.07) is 12.5. The molecule has 0 aromatic heterocycles. The fraction of sp³-hybridized carbons (Fsp3) is 0.286. The molecule has 5 N–H and O–H groups in total. The van der Waals surface area contributed by atoms with Crippen LogP contribution < -0.4 is 16.6 Å². The van der Waals surface area contributed by atoms with Gasteiger partial charge in [-0.05, 0) is 61.3 Å². The van der Waals surface area contributed by atoms with E-state index < -0.39 is 35.0 Å². The number of nitrogens with two attached hydrogens (primary N) is 2. The molecule has 2 aliphatic rings. The average Bonchev–Trinajstić information content (AvgIpc) is 3.39. The number of ketones is 1. The first-order valence-corrected chi connectivity index (χ1v) is 12.6. The Morgan fingerprint density at radius 1 is 1.05 bits per heavy atom. The molecule has 2 aromatic rings. The molecule has 1 aliphatic heterocycles. The number of ether oxygens (including phenoxy) is 1. The molecule has 1 saturated carbocycles. The molecule has 0 atom stereocenters. The zero-order valence-electron chi connectivity index (χ0n) is 21.2. The summed E-state index contributed by atoms with van der Waals surface area (Å²) in [7, 11) is 0. The standard InChI is InChI=1S/C28H29F2N5O4/c29-21-7-4-8-22(30)25(21)27(37)33-23-15-32-34-26(23)24(36)14-13-18-9-11-19(12-10-18)16-35(31)28(38)39-17-20-5-2-1-3-6-20/h1-8,13-15,18-19H,9-12,16-17,31H2,(H,32,34)(H,33,37)/p+1/b14-13-. The van der Waals surface area contributed by atoms with Gasteiger partial charge in [0.05, 0.1) is 0 Å². The average molecular weight is 539 g/mol. The van der Waals surface area contributed by atoms with Crippen LogP contribution in [0.25, 0.3) is 0 Å². The van der Waals surface area contributed by atoms with Crippen molar-refractivity contribution in [2.24, 2.45) is 22.8 Å². The van der Waals surface area contributed by atoms with Crippen molar-refractivity contribution >= 4 is 23.5 Å². The van der Waals surface area contributed by atoms with E-state index in [0.29, 0.717) is 6.54 Å². The van der Waals surface area contributed by atoms with Gasteiger partial charge in [0.2, 0.25) is 5.78 Å². The maximum Gasteiger partial charge on any atom is 0.424 e. The third kappa shape index (κ3) is 7.43.